The molecule has 0 aliphatic rings. The lowest BCUT2D eigenvalue weighted by molar-refractivity contribution is 0.0465. The highest BCUT2D eigenvalue weighted by Crippen LogP contribution is 2.19. The van der Waals surface area contributed by atoms with Crippen LogP contribution < -0.4 is 5.73 Å². The van der Waals surface area contributed by atoms with E-state index < -0.39 is 5.97 Å². The molecule has 0 aliphatic heterocycles. The van der Waals surface area contributed by atoms with Gasteiger partial charge in [-0.15, -0.1) is 11.3 Å². The van der Waals surface area contributed by atoms with E-state index in [-0.39, 0.29) is 6.61 Å². The van der Waals surface area contributed by atoms with Crippen LogP contribution in [-0.4, -0.2) is 15.7 Å². The third-order valence-corrected chi connectivity index (χ3v) is 3.46. The fourth-order valence-electron chi connectivity index (χ4n) is 1.70. The van der Waals surface area contributed by atoms with E-state index in [1.54, 1.807) is 18.4 Å². The molecule has 5 nitrogen and oxygen atoms in total. The number of carbonyl (C=O) groups excluding carboxylic acids is 1. The van der Waals surface area contributed by atoms with Gasteiger partial charge in [0.15, 0.2) is 5.69 Å². The summed E-state index contributed by atoms with van der Waals surface area (Å²) in [7, 11) is 1.69. The van der Waals surface area contributed by atoms with Crippen LogP contribution in [0, 0.1) is 0 Å². The maximum Gasteiger partial charge on any atom is 0.359 e. The Morgan fingerprint density at radius 2 is 2.39 bits per heavy atom. The molecule has 2 rings (SSSR count). The summed E-state index contributed by atoms with van der Waals surface area (Å²) in [6.07, 6.45) is 0.692. The summed E-state index contributed by atoms with van der Waals surface area (Å²) in [6, 6.07) is 3.84. The standard InChI is InChI=1S/C12H15N3O2S/c1-3-9-10(13)11(15(2)14-9)12(16)17-7-8-5-4-6-18-8/h4-6H,3,7,13H2,1-2H3. The number of anilines is 1. The lowest BCUT2D eigenvalue weighted by Gasteiger charge is -2.04. The molecule has 96 valence electrons. The van der Waals surface area contributed by atoms with Gasteiger partial charge in [0.1, 0.15) is 6.61 Å². The molecule has 0 aliphatic carbocycles. The minimum Gasteiger partial charge on any atom is -0.455 e. The predicted octanol–water partition coefficient (Wildman–Crippen LogP) is 1.98. The Morgan fingerprint density at radius 1 is 1.61 bits per heavy atom. The number of nitrogen functional groups attached to an aromatic ring is 1. The maximum absolute atomic E-state index is 12.0. The first kappa shape index (κ1) is 12.6. The summed E-state index contributed by atoms with van der Waals surface area (Å²) in [5, 5.41) is 6.13. The molecule has 0 saturated carbocycles. The second-order valence-corrected chi connectivity index (χ2v) is 4.87. The minimum atomic E-state index is -0.435. The summed E-state index contributed by atoms with van der Waals surface area (Å²) in [5.74, 6) is -0.435. The van der Waals surface area contributed by atoms with Crippen molar-refractivity contribution in [2.24, 2.45) is 7.05 Å². The van der Waals surface area contributed by atoms with Gasteiger partial charge in [-0.25, -0.2) is 4.79 Å². The number of esters is 1. The normalized spacial score (nSPS) is 10.6. The number of aryl methyl sites for hydroxylation is 2. The van der Waals surface area contributed by atoms with Crippen LogP contribution in [0.5, 0.6) is 0 Å². The summed E-state index contributed by atoms with van der Waals surface area (Å²) in [6.45, 7) is 2.21. The molecule has 0 amide bonds. The van der Waals surface area contributed by atoms with Gasteiger partial charge in [0, 0.05) is 11.9 Å². The van der Waals surface area contributed by atoms with Gasteiger partial charge in [-0.05, 0) is 17.9 Å². The first-order chi connectivity index (χ1) is 8.63. The Bertz CT molecular complexity index is 546. The number of rotatable bonds is 4. The molecular formula is C12H15N3O2S. The van der Waals surface area contributed by atoms with E-state index in [0.717, 1.165) is 10.6 Å². The molecule has 6 heteroatoms. The monoisotopic (exact) mass is 265 g/mol. The minimum absolute atomic E-state index is 0.266. The fourth-order valence-corrected chi connectivity index (χ4v) is 2.31. The Labute approximate surface area is 109 Å². The lowest BCUT2D eigenvalue weighted by atomic mass is 10.2. The molecule has 18 heavy (non-hydrogen) atoms. The van der Waals surface area contributed by atoms with Crippen LogP contribution in [0.3, 0.4) is 0 Å². The zero-order valence-electron chi connectivity index (χ0n) is 10.3. The molecule has 0 atom stereocenters. The summed E-state index contributed by atoms with van der Waals surface area (Å²) in [4.78, 5) is 13.0. The Hall–Kier alpha value is -1.82. The number of ether oxygens (including phenoxy) is 1. The first-order valence-electron chi connectivity index (χ1n) is 5.64. The van der Waals surface area contributed by atoms with Crippen molar-refractivity contribution in [3.05, 3.63) is 33.8 Å². The molecule has 0 fully saturated rings. The Balaban J connectivity index is 2.11. The number of hydrogen-bond acceptors (Lipinski definition) is 5. The van der Waals surface area contributed by atoms with Gasteiger partial charge in [-0.1, -0.05) is 13.0 Å². The quantitative estimate of drug-likeness (QED) is 0.858. The molecule has 2 heterocycles. The van der Waals surface area contributed by atoms with E-state index in [4.69, 9.17) is 10.5 Å². The Morgan fingerprint density at radius 3 is 2.94 bits per heavy atom. The number of hydrogen-bond donors (Lipinski definition) is 1. The maximum atomic E-state index is 12.0. The third-order valence-electron chi connectivity index (χ3n) is 2.61. The predicted molar refractivity (Wildman–Crippen MR) is 70.4 cm³/mol. The van der Waals surface area contributed by atoms with Crippen LogP contribution in [0.1, 0.15) is 28.0 Å². The van der Waals surface area contributed by atoms with Crippen LogP contribution >= 0.6 is 11.3 Å². The number of carbonyl (C=O) groups is 1. The number of thiophene rings is 1. The fraction of sp³-hybridized carbons (Fsp3) is 0.333. The van der Waals surface area contributed by atoms with Crippen molar-refractivity contribution in [1.29, 1.82) is 0 Å². The summed E-state index contributed by atoms with van der Waals surface area (Å²) >= 11 is 1.55. The van der Waals surface area contributed by atoms with Crippen LogP contribution in [0.15, 0.2) is 17.5 Å². The van der Waals surface area contributed by atoms with Crippen LogP contribution in [-0.2, 0) is 24.8 Å². The van der Waals surface area contributed by atoms with E-state index in [1.807, 2.05) is 24.4 Å². The summed E-state index contributed by atoms with van der Waals surface area (Å²) in [5.41, 5.74) is 7.34. The largest absolute Gasteiger partial charge is 0.455 e. The number of nitrogens with zero attached hydrogens (tertiary/aromatic N) is 2. The van der Waals surface area contributed by atoms with Gasteiger partial charge in [0.2, 0.25) is 0 Å². The average Bonchev–Trinajstić information content (AvgIpc) is 2.94. The molecule has 0 spiro atoms. The van der Waals surface area contributed by atoms with E-state index in [9.17, 15) is 4.79 Å². The van der Waals surface area contributed by atoms with E-state index >= 15 is 0 Å². The van der Waals surface area contributed by atoms with Crippen molar-refractivity contribution < 1.29 is 9.53 Å². The second-order valence-electron chi connectivity index (χ2n) is 3.84. The molecule has 2 N–H and O–H groups in total. The SMILES string of the molecule is CCc1nn(C)c(C(=O)OCc2cccs2)c1N. The number of aromatic nitrogens is 2. The summed E-state index contributed by atoms with van der Waals surface area (Å²) < 4.78 is 6.70. The zero-order valence-corrected chi connectivity index (χ0v) is 11.2. The van der Waals surface area contributed by atoms with Gasteiger partial charge >= 0.3 is 5.97 Å². The van der Waals surface area contributed by atoms with Crippen LogP contribution in [0.2, 0.25) is 0 Å². The molecule has 0 saturated heterocycles. The highest BCUT2D eigenvalue weighted by molar-refractivity contribution is 7.09. The molecule has 2 aromatic rings. The van der Waals surface area contributed by atoms with Gasteiger partial charge in [0.05, 0.1) is 11.4 Å². The van der Waals surface area contributed by atoms with Crippen LogP contribution in [0.4, 0.5) is 5.69 Å². The van der Waals surface area contributed by atoms with Crippen molar-refractivity contribution in [1.82, 2.24) is 9.78 Å². The van der Waals surface area contributed by atoms with Crippen molar-refractivity contribution in [3.63, 3.8) is 0 Å². The molecule has 0 bridgehead atoms. The average molecular weight is 265 g/mol. The van der Waals surface area contributed by atoms with Gasteiger partial charge in [-0.2, -0.15) is 5.10 Å². The third kappa shape index (κ3) is 2.38. The van der Waals surface area contributed by atoms with E-state index in [1.165, 1.54) is 4.68 Å². The highest BCUT2D eigenvalue weighted by atomic mass is 32.1. The van der Waals surface area contributed by atoms with E-state index in [2.05, 4.69) is 5.10 Å². The van der Waals surface area contributed by atoms with Crippen LogP contribution in [0.25, 0.3) is 0 Å². The van der Waals surface area contributed by atoms with Crippen molar-refractivity contribution in [3.8, 4) is 0 Å². The topological polar surface area (TPSA) is 70.1 Å². The molecule has 0 aromatic carbocycles. The molecule has 0 unspecified atom stereocenters. The molecule has 2 aromatic heterocycles. The van der Waals surface area contributed by atoms with Crippen molar-refractivity contribution >= 4 is 23.0 Å². The molecule has 0 radical (unpaired) electrons. The lowest BCUT2D eigenvalue weighted by Crippen LogP contribution is -2.12. The second kappa shape index (κ2) is 5.22. The molecular weight excluding hydrogens is 250 g/mol. The van der Waals surface area contributed by atoms with Crippen molar-refractivity contribution in [2.75, 3.05) is 5.73 Å². The highest BCUT2D eigenvalue weighted by Gasteiger charge is 2.20. The Kier molecular flexibility index (Phi) is 3.66. The van der Waals surface area contributed by atoms with Crippen molar-refractivity contribution in [2.45, 2.75) is 20.0 Å². The first-order valence-corrected chi connectivity index (χ1v) is 6.52. The van der Waals surface area contributed by atoms with Gasteiger partial charge < -0.3 is 10.5 Å². The van der Waals surface area contributed by atoms with Gasteiger partial charge in [-0.3, -0.25) is 4.68 Å². The van der Waals surface area contributed by atoms with Gasteiger partial charge in [0.25, 0.3) is 0 Å². The smallest absolute Gasteiger partial charge is 0.359 e. The zero-order chi connectivity index (χ0) is 13.1. The number of nitrogens with two attached hydrogens (primary N) is 1. The van der Waals surface area contributed by atoms with E-state index in [0.29, 0.717) is 17.8 Å².